The summed E-state index contributed by atoms with van der Waals surface area (Å²) in [7, 11) is 1.71. The SMILES string of the molecule is COCc1cc2c(cc1C1(CN)CC1)OCCO2. The molecular formula is C14H19NO3. The summed E-state index contributed by atoms with van der Waals surface area (Å²) in [5, 5.41) is 0. The smallest absolute Gasteiger partial charge is 0.161 e. The Morgan fingerprint density at radius 1 is 1.22 bits per heavy atom. The fourth-order valence-corrected chi connectivity index (χ4v) is 2.63. The lowest BCUT2D eigenvalue weighted by Crippen LogP contribution is -2.23. The van der Waals surface area contributed by atoms with Gasteiger partial charge < -0.3 is 19.9 Å². The van der Waals surface area contributed by atoms with Gasteiger partial charge in [0.15, 0.2) is 11.5 Å². The maximum Gasteiger partial charge on any atom is 0.161 e. The standard InChI is InChI=1S/C14H19NO3/c1-16-8-10-6-12-13(18-5-4-17-12)7-11(10)14(9-15)2-3-14/h6-7H,2-5,8-9,15H2,1H3. The summed E-state index contributed by atoms with van der Waals surface area (Å²) in [5.41, 5.74) is 8.52. The third-order valence-electron chi connectivity index (χ3n) is 3.88. The van der Waals surface area contributed by atoms with E-state index in [4.69, 9.17) is 19.9 Å². The first kappa shape index (κ1) is 11.8. The molecule has 1 saturated carbocycles. The molecule has 1 aliphatic carbocycles. The van der Waals surface area contributed by atoms with Crippen LogP contribution in [0.25, 0.3) is 0 Å². The molecule has 1 aliphatic heterocycles. The molecule has 0 saturated heterocycles. The zero-order chi connectivity index (χ0) is 12.6. The third-order valence-corrected chi connectivity index (χ3v) is 3.88. The fourth-order valence-electron chi connectivity index (χ4n) is 2.63. The van der Waals surface area contributed by atoms with Crippen molar-refractivity contribution in [1.82, 2.24) is 0 Å². The van der Waals surface area contributed by atoms with Crippen LogP contribution in [0.2, 0.25) is 0 Å². The van der Waals surface area contributed by atoms with Crippen LogP contribution in [0.5, 0.6) is 11.5 Å². The van der Waals surface area contributed by atoms with Crippen molar-refractivity contribution in [3.8, 4) is 11.5 Å². The summed E-state index contributed by atoms with van der Waals surface area (Å²) < 4.78 is 16.6. The van der Waals surface area contributed by atoms with Gasteiger partial charge in [0, 0.05) is 19.1 Å². The van der Waals surface area contributed by atoms with Crippen LogP contribution in [0.4, 0.5) is 0 Å². The summed E-state index contributed by atoms with van der Waals surface area (Å²) in [4.78, 5) is 0. The zero-order valence-electron chi connectivity index (χ0n) is 10.7. The molecule has 0 spiro atoms. The highest BCUT2D eigenvalue weighted by Gasteiger charge is 2.44. The Bertz CT molecular complexity index is 455. The number of nitrogens with two attached hydrogens (primary N) is 1. The highest BCUT2D eigenvalue weighted by molar-refractivity contribution is 5.52. The molecule has 0 bridgehead atoms. The normalized spacial score (nSPS) is 19.7. The van der Waals surface area contributed by atoms with E-state index in [0.717, 1.165) is 24.3 Å². The molecule has 4 heteroatoms. The molecule has 3 rings (SSSR count). The van der Waals surface area contributed by atoms with Crippen LogP contribution < -0.4 is 15.2 Å². The van der Waals surface area contributed by atoms with Crippen LogP contribution in [0.1, 0.15) is 24.0 Å². The van der Waals surface area contributed by atoms with Gasteiger partial charge in [-0.2, -0.15) is 0 Å². The van der Waals surface area contributed by atoms with E-state index < -0.39 is 0 Å². The second-order valence-corrected chi connectivity index (χ2v) is 5.07. The minimum Gasteiger partial charge on any atom is -0.486 e. The molecule has 0 aromatic heterocycles. The first-order valence-electron chi connectivity index (χ1n) is 6.41. The van der Waals surface area contributed by atoms with Gasteiger partial charge in [-0.15, -0.1) is 0 Å². The van der Waals surface area contributed by atoms with E-state index in [1.165, 1.54) is 11.1 Å². The molecule has 1 heterocycles. The zero-order valence-corrected chi connectivity index (χ0v) is 10.7. The largest absolute Gasteiger partial charge is 0.486 e. The number of hydrogen-bond acceptors (Lipinski definition) is 4. The molecule has 1 fully saturated rings. The second kappa shape index (κ2) is 4.44. The molecular weight excluding hydrogens is 230 g/mol. The van der Waals surface area contributed by atoms with Gasteiger partial charge in [0.25, 0.3) is 0 Å². The first-order chi connectivity index (χ1) is 8.79. The Labute approximate surface area is 107 Å². The predicted molar refractivity (Wildman–Crippen MR) is 68.1 cm³/mol. The van der Waals surface area contributed by atoms with Crippen LogP contribution in [-0.2, 0) is 16.8 Å². The highest BCUT2D eigenvalue weighted by Crippen LogP contribution is 2.51. The van der Waals surface area contributed by atoms with Crippen LogP contribution in [-0.4, -0.2) is 26.9 Å². The Kier molecular flexibility index (Phi) is 2.92. The lowest BCUT2D eigenvalue weighted by atomic mass is 9.91. The Balaban J connectivity index is 2.04. The van der Waals surface area contributed by atoms with Crippen molar-refractivity contribution >= 4 is 0 Å². The predicted octanol–water partition coefficient (Wildman–Crippen LogP) is 1.59. The van der Waals surface area contributed by atoms with Gasteiger partial charge in [0.2, 0.25) is 0 Å². The molecule has 0 unspecified atom stereocenters. The van der Waals surface area contributed by atoms with Crippen molar-refractivity contribution in [3.63, 3.8) is 0 Å². The lowest BCUT2D eigenvalue weighted by molar-refractivity contribution is 0.166. The first-order valence-corrected chi connectivity index (χ1v) is 6.41. The quantitative estimate of drug-likeness (QED) is 0.880. The van der Waals surface area contributed by atoms with Crippen molar-refractivity contribution in [2.75, 3.05) is 26.9 Å². The molecule has 1 aromatic rings. The summed E-state index contributed by atoms with van der Waals surface area (Å²) in [6, 6.07) is 4.14. The average Bonchev–Trinajstić information content (AvgIpc) is 3.19. The summed E-state index contributed by atoms with van der Waals surface area (Å²) in [6.45, 7) is 2.50. The molecule has 1 aromatic carbocycles. The van der Waals surface area contributed by atoms with Gasteiger partial charge in [0.1, 0.15) is 13.2 Å². The van der Waals surface area contributed by atoms with E-state index in [9.17, 15) is 0 Å². The van der Waals surface area contributed by atoms with Crippen molar-refractivity contribution in [2.45, 2.75) is 24.9 Å². The van der Waals surface area contributed by atoms with Gasteiger partial charge in [-0.1, -0.05) is 0 Å². The number of ether oxygens (including phenoxy) is 3. The summed E-state index contributed by atoms with van der Waals surface area (Å²) >= 11 is 0. The molecule has 0 radical (unpaired) electrons. The highest BCUT2D eigenvalue weighted by atomic mass is 16.6. The number of methoxy groups -OCH3 is 1. The van der Waals surface area contributed by atoms with Crippen LogP contribution >= 0.6 is 0 Å². The minimum atomic E-state index is 0.143. The van der Waals surface area contributed by atoms with Gasteiger partial charge in [-0.25, -0.2) is 0 Å². The number of hydrogen-bond donors (Lipinski definition) is 1. The molecule has 2 aliphatic rings. The van der Waals surface area contributed by atoms with Gasteiger partial charge in [-0.3, -0.25) is 0 Å². The van der Waals surface area contributed by atoms with Crippen molar-refractivity contribution in [3.05, 3.63) is 23.3 Å². The van der Waals surface area contributed by atoms with Crippen molar-refractivity contribution in [1.29, 1.82) is 0 Å². The molecule has 2 N–H and O–H groups in total. The van der Waals surface area contributed by atoms with Crippen LogP contribution in [0.15, 0.2) is 12.1 Å². The molecule has 18 heavy (non-hydrogen) atoms. The maximum atomic E-state index is 5.93. The fraction of sp³-hybridized carbons (Fsp3) is 0.571. The summed E-state index contributed by atoms with van der Waals surface area (Å²) in [5.74, 6) is 1.67. The van der Waals surface area contributed by atoms with E-state index in [1.54, 1.807) is 7.11 Å². The van der Waals surface area contributed by atoms with E-state index in [2.05, 4.69) is 6.07 Å². The van der Waals surface area contributed by atoms with Gasteiger partial charge >= 0.3 is 0 Å². The Morgan fingerprint density at radius 2 is 1.89 bits per heavy atom. The van der Waals surface area contributed by atoms with Crippen LogP contribution in [0, 0.1) is 0 Å². The minimum absolute atomic E-state index is 0.143. The van der Waals surface area contributed by atoms with Gasteiger partial charge in [0.05, 0.1) is 6.61 Å². The number of rotatable bonds is 4. The monoisotopic (exact) mass is 249 g/mol. The van der Waals surface area contributed by atoms with E-state index in [-0.39, 0.29) is 5.41 Å². The van der Waals surface area contributed by atoms with E-state index >= 15 is 0 Å². The molecule has 0 atom stereocenters. The number of fused-ring (bicyclic) bond motifs is 1. The van der Waals surface area contributed by atoms with Gasteiger partial charge in [-0.05, 0) is 36.1 Å². The Hall–Kier alpha value is -1.26. The molecule has 0 amide bonds. The Morgan fingerprint density at radius 3 is 2.44 bits per heavy atom. The average molecular weight is 249 g/mol. The van der Waals surface area contributed by atoms with Crippen LogP contribution in [0.3, 0.4) is 0 Å². The lowest BCUT2D eigenvalue weighted by Gasteiger charge is -2.24. The maximum absolute atomic E-state index is 5.93. The van der Waals surface area contributed by atoms with E-state index in [0.29, 0.717) is 26.4 Å². The topological polar surface area (TPSA) is 53.7 Å². The molecule has 98 valence electrons. The summed E-state index contributed by atoms with van der Waals surface area (Å²) in [6.07, 6.45) is 2.31. The van der Waals surface area contributed by atoms with Crippen molar-refractivity contribution < 1.29 is 14.2 Å². The van der Waals surface area contributed by atoms with E-state index in [1.807, 2.05) is 6.07 Å². The third kappa shape index (κ3) is 1.85. The van der Waals surface area contributed by atoms with Crippen molar-refractivity contribution in [2.24, 2.45) is 5.73 Å². The molecule has 4 nitrogen and oxygen atoms in total. The number of benzene rings is 1. The second-order valence-electron chi connectivity index (χ2n) is 5.07.